The Morgan fingerprint density at radius 2 is 1.75 bits per heavy atom. The van der Waals surface area contributed by atoms with Crippen molar-refractivity contribution in [2.24, 2.45) is 11.3 Å². The molecule has 1 amide bonds. The average molecular weight is 502 g/mol. The highest BCUT2D eigenvalue weighted by Gasteiger charge is 2.56. The summed E-state index contributed by atoms with van der Waals surface area (Å²) in [5.74, 6) is -4.29. The van der Waals surface area contributed by atoms with Gasteiger partial charge in [-0.05, 0) is 26.8 Å². The maximum Gasteiger partial charge on any atom is 0.322 e. The molecule has 2 heterocycles. The summed E-state index contributed by atoms with van der Waals surface area (Å²) in [5, 5.41) is 13.0. The second-order valence-corrected chi connectivity index (χ2v) is 9.57. The van der Waals surface area contributed by atoms with Gasteiger partial charge in [-0.25, -0.2) is 0 Å². The summed E-state index contributed by atoms with van der Waals surface area (Å²) in [6.45, 7) is 8.89. The molecule has 0 spiro atoms. The summed E-state index contributed by atoms with van der Waals surface area (Å²) in [4.78, 5) is 62.3. The fraction of sp³-hybridized carbons (Fsp3) is 0.519. The van der Waals surface area contributed by atoms with E-state index in [9.17, 15) is 29.1 Å². The normalized spacial score (nSPS) is 31.6. The number of carbonyl (C=O) groups excluding carboxylic acids is 5. The molecule has 1 aliphatic carbocycles. The monoisotopic (exact) mass is 501 g/mol. The molecule has 9 heteroatoms. The number of ether oxygens (including phenoxy) is 2. The maximum atomic E-state index is 13.5. The third-order valence-corrected chi connectivity index (χ3v) is 6.44. The van der Waals surface area contributed by atoms with Gasteiger partial charge in [0.15, 0.2) is 5.78 Å². The van der Waals surface area contributed by atoms with Gasteiger partial charge in [0.2, 0.25) is 5.78 Å². The third-order valence-electron chi connectivity index (χ3n) is 6.44. The van der Waals surface area contributed by atoms with Crippen LogP contribution in [0.5, 0.6) is 0 Å². The molecular weight excluding hydrogens is 466 g/mol. The van der Waals surface area contributed by atoms with Crippen molar-refractivity contribution in [1.29, 1.82) is 0 Å². The van der Waals surface area contributed by atoms with Crippen molar-refractivity contribution in [1.82, 2.24) is 5.32 Å². The lowest BCUT2D eigenvalue weighted by molar-refractivity contribution is -0.181. The summed E-state index contributed by atoms with van der Waals surface area (Å²) in [6, 6.07) is -1.18. The number of nitrogens with one attached hydrogen (secondary N) is 1. The van der Waals surface area contributed by atoms with Crippen LogP contribution in [0.15, 0.2) is 47.6 Å². The van der Waals surface area contributed by atoms with Gasteiger partial charge in [-0.15, -0.1) is 0 Å². The summed E-state index contributed by atoms with van der Waals surface area (Å²) < 4.78 is 11.0. The summed E-state index contributed by atoms with van der Waals surface area (Å²) in [7, 11) is 0. The van der Waals surface area contributed by atoms with Crippen molar-refractivity contribution in [2.75, 3.05) is 0 Å². The quantitative estimate of drug-likeness (QED) is 0.342. The van der Waals surface area contributed by atoms with Crippen molar-refractivity contribution >= 4 is 29.4 Å². The zero-order valence-electron chi connectivity index (χ0n) is 21.6. The van der Waals surface area contributed by atoms with Crippen LogP contribution in [0.3, 0.4) is 0 Å². The number of amides is 1. The van der Waals surface area contributed by atoms with Crippen molar-refractivity contribution in [2.45, 2.75) is 78.7 Å². The molecule has 196 valence electrons. The molecule has 3 rings (SSSR count). The van der Waals surface area contributed by atoms with E-state index in [0.29, 0.717) is 12.0 Å². The molecule has 2 aliphatic heterocycles. The lowest BCUT2D eigenvalue weighted by atomic mass is 9.69. The van der Waals surface area contributed by atoms with Crippen LogP contribution in [0.25, 0.3) is 0 Å². The van der Waals surface area contributed by atoms with Crippen molar-refractivity contribution in [3.05, 3.63) is 47.6 Å². The lowest BCUT2D eigenvalue weighted by Gasteiger charge is -2.42. The molecule has 0 radical (unpaired) electrons. The molecule has 0 saturated carbocycles. The van der Waals surface area contributed by atoms with E-state index in [1.165, 1.54) is 19.9 Å². The van der Waals surface area contributed by atoms with Crippen molar-refractivity contribution in [3.8, 4) is 0 Å². The molecule has 6 atom stereocenters. The number of esters is 2. The van der Waals surface area contributed by atoms with E-state index in [4.69, 9.17) is 9.47 Å². The molecule has 3 aliphatic rings. The Morgan fingerprint density at radius 1 is 1.11 bits per heavy atom. The Hall–Kier alpha value is -3.33. The molecule has 36 heavy (non-hydrogen) atoms. The van der Waals surface area contributed by atoms with Crippen molar-refractivity contribution in [3.63, 3.8) is 0 Å². The molecule has 0 aromatic rings. The van der Waals surface area contributed by atoms with Gasteiger partial charge in [-0.2, -0.15) is 0 Å². The first kappa shape index (κ1) is 28.9. The number of fused-ring (bicyclic) bond motifs is 10. The van der Waals surface area contributed by atoms with Gasteiger partial charge in [0, 0.05) is 26.7 Å². The SMILES string of the molecule is CC(=O)O[C@@H]1C=CC(C)=C[C@@H](NC(=O)C(C)=O)[C@]2(C)C(=O)O[C@H](C[C@H](O)C=CC(C)=CC1)[C@@H](C)C2=O. The smallest absolute Gasteiger partial charge is 0.322 e. The number of carbonyl (C=O) groups is 5. The number of aliphatic hydroxyl groups is 1. The van der Waals surface area contributed by atoms with Crippen LogP contribution in [0.4, 0.5) is 0 Å². The zero-order chi connectivity index (χ0) is 27.2. The Balaban J connectivity index is 2.62. The van der Waals surface area contributed by atoms with Crippen molar-refractivity contribution < 1.29 is 38.6 Å². The summed E-state index contributed by atoms with van der Waals surface area (Å²) >= 11 is 0. The van der Waals surface area contributed by atoms with E-state index < -0.39 is 65.1 Å². The summed E-state index contributed by atoms with van der Waals surface area (Å²) in [5.41, 5.74) is -0.434. The van der Waals surface area contributed by atoms with Crippen LogP contribution in [-0.2, 0) is 33.4 Å². The fourth-order valence-electron chi connectivity index (χ4n) is 4.14. The van der Waals surface area contributed by atoms with Gasteiger partial charge in [-0.3, -0.25) is 24.0 Å². The molecule has 0 aromatic carbocycles. The second kappa shape index (κ2) is 12.1. The van der Waals surface area contributed by atoms with E-state index >= 15 is 0 Å². The predicted molar refractivity (Wildman–Crippen MR) is 131 cm³/mol. The number of aliphatic hydroxyl groups excluding tert-OH is 1. The Kier molecular flexibility index (Phi) is 9.69. The molecule has 9 nitrogen and oxygen atoms in total. The van der Waals surface area contributed by atoms with Crippen LogP contribution in [0.2, 0.25) is 0 Å². The minimum atomic E-state index is -1.81. The van der Waals surface area contributed by atoms with Gasteiger partial charge in [0.25, 0.3) is 5.91 Å². The van der Waals surface area contributed by atoms with Crippen LogP contribution in [0, 0.1) is 11.3 Å². The van der Waals surface area contributed by atoms with Crippen LogP contribution >= 0.6 is 0 Å². The maximum absolute atomic E-state index is 13.5. The molecular formula is C27H35NO8. The first-order valence-corrected chi connectivity index (χ1v) is 11.9. The number of ketones is 2. The predicted octanol–water partition coefficient (Wildman–Crippen LogP) is 2.29. The molecule has 2 N–H and O–H groups in total. The number of allylic oxidation sites excluding steroid dienone is 4. The van der Waals surface area contributed by atoms with Gasteiger partial charge >= 0.3 is 11.9 Å². The van der Waals surface area contributed by atoms with E-state index in [1.54, 1.807) is 38.2 Å². The standard InChI is InChI=1S/C27H35NO8/c1-15-7-10-20(31)14-22-17(3)24(32)27(6,26(34)36-22)23(28-25(33)18(4)29)13-16(2)9-12-21(11-8-15)35-19(5)30/h7-10,12-13,17,20-23,31H,11,14H2,1-6H3,(H,28,33)/t17-,20-,21+,22-,23-,27+/m1/s1. The highest BCUT2D eigenvalue weighted by molar-refractivity contribution is 6.35. The average Bonchev–Trinajstić information content (AvgIpc) is 2.80. The van der Waals surface area contributed by atoms with Gasteiger partial charge in [-0.1, -0.05) is 48.5 Å². The number of Topliss-reactive ketones (excluding diaryl/α,β-unsaturated/α-hetero) is 2. The molecule has 0 unspecified atom stereocenters. The van der Waals surface area contributed by atoms with Crippen LogP contribution < -0.4 is 5.32 Å². The second-order valence-electron chi connectivity index (χ2n) is 9.57. The largest absolute Gasteiger partial charge is 0.461 e. The van der Waals surface area contributed by atoms with E-state index in [0.717, 1.165) is 12.5 Å². The summed E-state index contributed by atoms with van der Waals surface area (Å²) in [6.07, 6.45) is 7.84. The van der Waals surface area contributed by atoms with Gasteiger partial charge < -0.3 is 19.9 Å². The minimum absolute atomic E-state index is 0.00940. The highest BCUT2D eigenvalue weighted by atomic mass is 16.6. The van der Waals surface area contributed by atoms with Gasteiger partial charge in [0.1, 0.15) is 17.6 Å². The highest BCUT2D eigenvalue weighted by Crippen LogP contribution is 2.38. The van der Waals surface area contributed by atoms with Gasteiger partial charge in [0.05, 0.1) is 18.1 Å². The van der Waals surface area contributed by atoms with E-state index in [1.807, 2.05) is 13.0 Å². The number of hydrogen-bond acceptors (Lipinski definition) is 8. The van der Waals surface area contributed by atoms with E-state index in [-0.39, 0.29) is 6.42 Å². The number of rotatable bonds is 3. The molecule has 1 saturated heterocycles. The molecule has 1 fully saturated rings. The first-order valence-electron chi connectivity index (χ1n) is 11.9. The minimum Gasteiger partial charge on any atom is -0.461 e. The fourth-order valence-corrected chi connectivity index (χ4v) is 4.14. The topological polar surface area (TPSA) is 136 Å². The Bertz CT molecular complexity index is 1040. The molecule has 2 bridgehead atoms. The lowest BCUT2D eigenvalue weighted by Crippen LogP contribution is -2.61. The number of hydrogen-bond donors (Lipinski definition) is 2. The zero-order valence-corrected chi connectivity index (χ0v) is 21.6. The van der Waals surface area contributed by atoms with E-state index in [2.05, 4.69) is 5.32 Å². The molecule has 0 aromatic heterocycles. The third kappa shape index (κ3) is 7.10. The van der Waals surface area contributed by atoms with Crippen LogP contribution in [-0.4, -0.2) is 58.9 Å². The Morgan fingerprint density at radius 3 is 2.36 bits per heavy atom. The first-order chi connectivity index (χ1) is 16.7. The Labute approximate surface area is 211 Å². The van der Waals surface area contributed by atoms with Crippen LogP contribution in [0.1, 0.15) is 54.4 Å².